The lowest BCUT2D eigenvalue weighted by molar-refractivity contribution is -0.384. The van der Waals surface area contributed by atoms with Gasteiger partial charge in [0.2, 0.25) is 17.0 Å². The highest BCUT2D eigenvalue weighted by atomic mass is 32.2. The number of fused-ring (bicyclic) bond motifs is 1. The van der Waals surface area contributed by atoms with Crippen LogP contribution in [0.15, 0.2) is 53.7 Å². The molecule has 0 unspecified atom stereocenters. The average molecular weight is 424 g/mol. The Morgan fingerprint density at radius 3 is 2.80 bits per heavy atom. The van der Waals surface area contributed by atoms with Gasteiger partial charge in [-0.25, -0.2) is 9.66 Å². The summed E-state index contributed by atoms with van der Waals surface area (Å²) < 4.78 is 1.37. The minimum atomic E-state index is -0.496. The quantitative estimate of drug-likeness (QED) is 0.176. The van der Waals surface area contributed by atoms with Gasteiger partial charge < -0.3 is 10.8 Å². The van der Waals surface area contributed by atoms with Crippen molar-refractivity contribution < 1.29 is 9.72 Å². The van der Waals surface area contributed by atoms with Gasteiger partial charge in [-0.1, -0.05) is 42.1 Å². The zero-order valence-electron chi connectivity index (χ0n) is 15.5. The molecule has 4 rings (SSSR count). The first-order valence-corrected chi connectivity index (χ1v) is 9.78. The highest BCUT2D eigenvalue weighted by molar-refractivity contribution is 7.99. The normalized spacial score (nSPS) is 10.9. The number of thioether (sulfide) groups is 1. The Kier molecular flexibility index (Phi) is 5.30. The molecule has 0 spiro atoms. The number of H-pyrrole nitrogens is 1. The van der Waals surface area contributed by atoms with Gasteiger partial charge in [0.25, 0.3) is 5.69 Å². The minimum Gasteiger partial charge on any atom is -0.336 e. The van der Waals surface area contributed by atoms with Crippen molar-refractivity contribution >= 4 is 40.3 Å². The number of imidazole rings is 1. The van der Waals surface area contributed by atoms with E-state index in [-0.39, 0.29) is 23.3 Å². The highest BCUT2D eigenvalue weighted by Gasteiger charge is 2.15. The number of nitro benzene ring substituents is 1. The molecule has 11 nitrogen and oxygen atoms in total. The molecule has 30 heavy (non-hydrogen) atoms. The van der Waals surface area contributed by atoms with Crippen molar-refractivity contribution in [2.24, 2.45) is 0 Å². The van der Waals surface area contributed by atoms with E-state index in [0.29, 0.717) is 28.4 Å². The van der Waals surface area contributed by atoms with Crippen molar-refractivity contribution in [1.82, 2.24) is 24.8 Å². The molecule has 2 heterocycles. The molecular formula is C18H16N8O3S. The summed E-state index contributed by atoms with van der Waals surface area (Å²) in [7, 11) is 0. The number of amides is 1. The van der Waals surface area contributed by atoms with Gasteiger partial charge in [0.15, 0.2) is 5.82 Å². The summed E-state index contributed by atoms with van der Waals surface area (Å²) in [5.41, 5.74) is 1.96. The van der Waals surface area contributed by atoms with Gasteiger partial charge in [0.1, 0.15) is 0 Å². The molecular weight excluding hydrogens is 408 g/mol. The second kappa shape index (κ2) is 8.21. The molecule has 0 saturated heterocycles. The number of carbonyl (C=O) groups excluding carboxylic acids is 1. The van der Waals surface area contributed by atoms with Crippen LogP contribution in [0.5, 0.6) is 0 Å². The largest absolute Gasteiger partial charge is 0.336 e. The predicted octanol–water partition coefficient (Wildman–Crippen LogP) is 2.10. The van der Waals surface area contributed by atoms with E-state index in [1.165, 1.54) is 22.9 Å². The predicted molar refractivity (Wildman–Crippen MR) is 112 cm³/mol. The van der Waals surface area contributed by atoms with Crippen LogP contribution in [0.3, 0.4) is 0 Å². The van der Waals surface area contributed by atoms with Crippen LogP contribution >= 0.6 is 11.8 Å². The summed E-state index contributed by atoms with van der Waals surface area (Å²) in [6.07, 6.45) is 0.530. The maximum absolute atomic E-state index is 12.2. The summed E-state index contributed by atoms with van der Waals surface area (Å²) in [5.74, 6) is 6.54. The molecule has 2 aromatic carbocycles. The summed E-state index contributed by atoms with van der Waals surface area (Å²) in [4.78, 5) is 29.7. The third-order valence-electron chi connectivity index (χ3n) is 4.21. The fourth-order valence-electron chi connectivity index (χ4n) is 2.77. The standard InChI is InChI=1S/C18H16N8O3S/c19-25-15(8-11-4-2-1-3-5-11)23-24-18(25)30-10-16(27)22-17-20-13-7-6-12(26(28)29)9-14(13)21-17/h1-7,9H,8,10,19H2,(H2,20,21,22,27). The molecule has 0 saturated carbocycles. The number of nitrogen functional groups attached to an aromatic ring is 1. The molecule has 152 valence electrons. The van der Waals surface area contributed by atoms with Crippen molar-refractivity contribution in [2.75, 3.05) is 16.9 Å². The Bertz CT molecular complexity index is 1220. The molecule has 2 aromatic heterocycles. The smallest absolute Gasteiger partial charge is 0.271 e. The second-order valence-electron chi connectivity index (χ2n) is 6.31. The average Bonchev–Trinajstić information content (AvgIpc) is 3.29. The highest BCUT2D eigenvalue weighted by Crippen LogP contribution is 2.21. The lowest BCUT2D eigenvalue weighted by Gasteiger charge is -2.04. The third kappa shape index (κ3) is 4.22. The Morgan fingerprint density at radius 1 is 1.23 bits per heavy atom. The third-order valence-corrected chi connectivity index (χ3v) is 5.15. The number of nitrogens with two attached hydrogens (primary N) is 1. The molecule has 12 heteroatoms. The molecule has 0 aliphatic rings. The number of nitrogens with one attached hydrogen (secondary N) is 2. The van der Waals surface area contributed by atoms with Gasteiger partial charge in [-0.05, 0) is 11.6 Å². The van der Waals surface area contributed by atoms with E-state index in [1.54, 1.807) is 0 Å². The lowest BCUT2D eigenvalue weighted by Crippen LogP contribution is -2.18. The molecule has 0 aliphatic carbocycles. The number of anilines is 1. The van der Waals surface area contributed by atoms with Crippen LogP contribution in [-0.2, 0) is 11.2 Å². The number of benzene rings is 2. The van der Waals surface area contributed by atoms with Crippen LogP contribution in [-0.4, -0.2) is 41.4 Å². The van der Waals surface area contributed by atoms with Gasteiger partial charge in [-0.3, -0.25) is 20.2 Å². The van der Waals surface area contributed by atoms with Crippen molar-refractivity contribution in [3.63, 3.8) is 0 Å². The topological polar surface area (TPSA) is 158 Å². The molecule has 0 radical (unpaired) electrons. The Labute approximate surface area is 173 Å². The fraction of sp³-hybridized carbons (Fsp3) is 0.111. The molecule has 4 N–H and O–H groups in total. The molecule has 0 atom stereocenters. The SMILES string of the molecule is Nn1c(Cc2ccccc2)nnc1SCC(=O)Nc1nc2ccc([N+](=O)[O-])cc2[nH]1. The number of aromatic amines is 1. The van der Waals surface area contributed by atoms with Crippen LogP contribution in [0, 0.1) is 10.1 Å². The van der Waals surface area contributed by atoms with Crippen LogP contribution in [0.1, 0.15) is 11.4 Å². The van der Waals surface area contributed by atoms with Gasteiger partial charge >= 0.3 is 0 Å². The van der Waals surface area contributed by atoms with Crippen molar-refractivity contribution in [3.8, 4) is 0 Å². The van der Waals surface area contributed by atoms with E-state index >= 15 is 0 Å². The summed E-state index contributed by atoms with van der Waals surface area (Å²) in [6.45, 7) is 0. The van der Waals surface area contributed by atoms with E-state index in [2.05, 4.69) is 25.5 Å². The van der Waals surface area contributed by atoms with Crippen molar-refractivity contribution in [2.45, 2.75) is 11.6 Å². The van der Waals surface area contributed by atoms with Crippen molar-refractivity contribution in [1.29, 1.82) is 0 Å². The van der Waals surface area contributed by atoms with Crippen LogP contribution in [0.4, 0.5) is 11.6 Å². The molecule has 1 amide bonds. The maximum Gasteiger partial charge on any atom is 0.271 e. The van der Waals surface area contributed by atoms with Crippen molar-refractivity contribution in [3.05, 3.63) is 70.0 Å². The van der Waals surface area contributed by atoms with Crippen LogP contribution in [0.25, 0.3) is 11.0 Å². The number of nitro groups is 1. The Balaban J connectivity index is 1.37. The van der Waals surface area contributed by atoms with Gasteiger partial charge in [-0.15, -0.1) is 10.2 Å². The number of rotatable bonds is 7. The molecule has 0 bridgehead atoms. The zero-order chi connectivity index (χ0) is 21.1. The monoisotopic (exact) mass is 424 g/mol. The van der Waals surface area contributed by atoms with Gasteiger partial charge in [-0.2, -0.15) is 0 Å². The number of hydrogen-bond acceptors (Lipinski definition) is 8. The first-order chi connectivity index (χ1) is 14.5. The number of carbonyl (C=O) groups is 1. The van der Waals surface area contributed by atoms with Crippen LogP contribution in [0.2, 0.25) is 0 Å². The summed E-state index contributed by atoms with van der Waals surface area (Å²) in [6, 6.07) is 14.0. The van der Waals surface area contributed by atoms with Gasteiger partial charge in [0.05, 0.1) is 21.7 Å². The first kappa shape index (κ1) is 19.4. The number of nitrogens with zero attached hydrogens (tertiary/aromatic N) is 5. The molecule has 0 aliphatic heterocycles. The number of hydrogen-bond donors (Lipinski definition) is 3. The summed E-state index contributed by atoms with van der Waals surface area (Å²) >= 11 is 1.14. The summed E-state index contributed by atoms with van der Waals surface area (Å²) in [5, 5.41) is 22.0. The maximum atomic E-state index is 12.2. The zero-order valence-corrected chi connectivity index (χ0v) is 16.3. The van der Waals surface area contributed by atoms with E-state index in [9.17, 15) is 14.9 Å². The van der Waals surface area contributed by atoms with E-state index in [1.807, 2.05) is 30.3 Å². The number of non-ortho nitro benzene ring substituents is 1. The van der Waals surface area contributed by atoms with E-state index < -0.39 is 4.92 Å². The van der Waals surface area contributed by atoms with Gasteiger partial charge in [0, 0.05) is 18.6 Å². The Morgan fingerprint density at radius 2 is 2.03 bits per heavy atom. The van der Waals surface area contributed by atoms with E-state index in [0.717, 1.165) is 17.3 Å². The lowest BCUT2D eigenvalue weighted by atomic mass is 10.1. The first-order valence-electron chi connectivity index (χ1n) is 8.79. The molecule has 4 aromatic rings. The molecule has 0 fully saturated rings. The number of aromatic nitrogens is 5. The minimum absolute atomic E-state index is 0.0395. The fourth-order valence-corrected chi connectivity index (χ4v) is 3.45. The van der Waals surface area contributed by atoms with Crippen LogP contribution < -0.4 is 11.2 Å². The van der Waals surface area contributed by atoms with E-state index in [4.69, 9.17) is 5.84 Å². The second-order valence-corrected chi connectivity index (χ2v) is 7.25. The Hall–Kier alpha value is -3.93.